The number of hydrogen-bond donors (Lipinski definition) is 5. The molecule has 0 radical (unpaired) electrons. The number of amides is 6. The average molecular weight is 1060 g/mol. The smallest absolute Gasteiger partial charge is 0.255 e. The number of fused-ring (bicyclic) bond motifs is 1. The highest BCUT2D eigenvalue weighted by atomic mass is 32.1. The standard InChI is InChI=1S/C30H34N4O4S.C27H38N4O4S/c1-4-24-27(39-17-32-24)20-11-9-19(10-12-20)14-31-28(36)25-13-22(35)16-33(25)30(38)26(18(2)3)34-15-21-7-5-6-8-23(21)29(34)37;1-16-21(36-15-29-16)18-10-8-17(9-11-18)13-28-23(33)20-12-19(32)14-31(20)24(34)22(26(2,3)4)30-25(35)27(5,6)7/h5-12,17-18,22,25-26,35H,4,13-16H2,1-3H3,(H,31,36);8-11,15,19-20,22,32H,12-14H2,1-7H3,(H,28,33)(H,30,35)/t22-,25+,26+;19-,20+,22-/m11/s1. The lowest BCUT2D eigenvalue weighted by Crippen LogP contribution is -2.59. The van der Waals surface area contributed by atoms with Crippen molar-refractivity contribution in [3.8, 4) is 20.9 Å². The first-order chi connectivity index (χ1) is 35.5. The van der Waals surface area contributed by atoms with Crippen LogP contribution in [0, 0.1) is 23.7 Å². The van der Waals surface area contributed by atoms with Crippen molar-refractivity contribution in [2.75, 3.05) is 13.1 Å². The molecule has 5 aromatic rings. The molecule has 75 heavy (non-hydrogen) atoms. The molecule has 400 valence electrons. The molecule has 5 heterocycles. The third kappa shape index (κ3) is 13.2. The first-order valence-corrected chi connectivity index (χ1v) is 27.5. The van der Waals surface area contributed by atoms with E-state index < -0.39 is 47.2 Å². The van der Waals surface area contributed by atoms with Crippen LogP contribution in [0.5, 0.6) is 0 Å². The minimum atomic E-state index is -0.826. The van der Waals surface area contributed by atoms with Gasteiger partial charge in [-0.05, 0) is 58.6 Å². The maximum absolute atomic E-state index is 13.8. The van der Waals surface area contributed by atoms with Gasteiger partial charge in [-0.15, -0.1) is 22.7 Å². The number of aliphatic hydroxyl groups excluding tert-OH is 2. The maximum atomic E-state index is 13.8. The zero-order valence-corrected chi connectivity index (χ0v) is 46.3. The predicted octanol–water partition coefficient (Wildman–Crippen LogP) is 6.90. The highest BCUT2D eigenvalue weighted by Crippen LogP contribution is 2.33. The van der Waals surface area contributed by atoms with E-state index in [9.17, 15) is 39.0 Å². The molecule has 2 saturated heterocycles. The van der Waals surface area contributed by atoms with E-state index in [2.05, 4.69) is 32.8 Å². The van der Waals surface area contributed by atoms with E-state index in [1.54, 1.807) is 54.4 Å². The summed E-state index contributed by atoms with van der Waals surface area (Å²) < 4.78 is 0. The summed E-state index contributed by atoms with van der Waals surface area (Å²) in [5.41, 5.74) is 10.0. The summed E-state index contributed by atoms with van der Waals surface area (Å²) in [6, 6.07) is 20.2. The van der Waals surface area contributed by atoms with Crippen LogP contribution < -0.4 is 16.0 Å². The zero-order chi connectivity index (χ0) is 54.5. The summed E-state index contributed by atoms with van der Waals surface area (Å²) in [5.74, 6) is -1.87. The predicted molar refractivity (Wildman–Crippen MR) is 291 cm³/mol. The Kier molecular flexibility index (Phi) is 17.8. The summed E-state index contributed by atoms with van der Waals surface area (Å²) in [7, 11) is 0. The molecule has 0 bridgehead atoms. The Morgan fingerprint density at radius 2 is 1.23 bits per heavy atom. The van der Waals surface area contributed by atoms with Crippen LogP contribution in [0.25, 0.3) is 20.9 Å². The van der Waals surface area contributed by atoms with E-state index in [4.69, 9.17) is 0 Å². The average Bonchev–Trinajstić information content (AvgIpc) is 4.23. The van der Waals surface area contributed by atoms with Crippen LogP contribution in [-0.2, 0) is 50.0 Å². The second-order valence-corrected chi connectivity index (χ2v) is 23.9. The quantitative estimate of drug-likeness (QED) is 0.0776. The van der Waals surface area contributed by atoms with Crippen LogP contribution in [0.4, 0.5) is 0 Å². The van der Waals surface area contributed by atoms with E-state index in [1.165, 1.54) is 9.80 Å². The van der Waals surface area contributed by atoms with Crippen LogP contribution in [0.2, 0.25) is 0 Å². The van der Waals surface area contributed by atoms with E-state index in [-0.39, 0.29) is 67.3 Å². The molecule has 5 N–H and O–H groups in total. The van der Waals surface area contributed by atoms with Gasteiger partial charge in [-0.2, -0.15) is 0 Å². The molecule has 0 unspecified atom stereocenters. The molecule has 3 aliphatic heterocycles. The van der Waals surface area contributed by atoms with Gasteiger partial charge >= 0.3 is 0 Å². The van der Waals surface area contributed by atoms with Crippen molar-refractivity contribution in [1.29, 1.82) is 0 Å². The summed E-state index contributed by atoms with van der Waals surface area (Å²) >= 11 is 3.20. The van der Waals surface area contributed by atoms with Crippen LogP contribution in [0.3, 0.4) is 0 Å². The summed E-state index contributed by atoms with van der Waals surface area (Å²) in [6.07, 6.45) is -0.400. The molecular weight excluding hydrogens is 989 g/mol. The third-order valence-corrected chi connectivity index (χ3v) is 15.9. The lowest BCUT2D eigenvalue weighted by atomic mass is 9.84. The number of β-amino-alcohol motifs (C(OH)–C–C–N with tert-alkyl or cyclic N) is 2. The molecule has 2 aromatic heterocycles. The first-order valence-electron chi connectivity index (χ1n) is 25.7. The van der Waals surface area contributed by atoms with Gasteiger partial charge < -0.3 is 40.9 Å². The van der Waals surface area contributed by atoms with Gasteiger partial charge in [0.05, 0.1) is 44.4 Å². The number of aliphatic hydroxyl groups is 2. The number of carbonyl (C=O) groups excluding carboxylic acids is 6. The molecule has 8 rings (SSSR count). The second kappa shape index (κ2) is 23.7. The monoisotopic (exact) mass is 1060 g/mol. The van der Waals surface area contributed by atoms with Gasteiger partial charge in [0.25, 0.3) is 5.91 Å². The largest absolute Gasteiger partial charge is 0.391 e. The fourth-order valence-electron chi connectivity index (χ4n) is 9.72. The maximum Gasteiger partial charge on any atom is 0.255 e. The van der Waals surface area contributed by atoms with Gasteiger partial charge in [0.15, 0.2) is 0 Å². The minimum absolute atomic E-state index is 0.0534. The van der Waals surface area contributed by atoms with Crippen LogP contribution in [0.15, 0.2) is 83.8 Å². The van der Waals surface area contributed by atoms with Gasteiger partial charge in [0, 0.05) is 56.5 Å². The normalized spacial score (nSPS) is 19.3. The number of hydrogen-bond acceptors (Lipinski definition) is 12. The fraction of sp³-hybridized carbons (Fsp3) is 0.474. The second-order valence-electron chi connectivity index (χ2n) is 22.2. The van der Waals surface area contributed by atoms with Crippen molar-refractivity contribution in [3.05, 3.63) is 117 Å². The number of nitrogens with one attached hydrogen (secondary N) is 3. The molecule has 0 spiro atoms. The van der Waals surface area contributed by atoms with Crippen molar-refractivity contribution >= 4 is 58.1 Å². The molecule has 3 aliphatic rings. The van der Waals surface area contributed by atoms with Crippen molar-refractivity contribution in [2.45, 2.75) is 145 Å². The minimum Gasteiger partial charge on any atom is -0.391 e. The number of carbonyl (C=O) groups is 6. The third-order valence-electron chi connectivity index (χ3n) is 14.0. The Bertz CT molecular complexity index is 2850. The first kappa shape index (κ1) is 56.4. The van der Waals surface area contributed by atoms with Gasteiger partial charge in [-0.25, -0.2) is 9.97 Å². The Balaban J connectivity index is 0.000000220. The summed E-state index contributed by atoms with van der Waals surface area (Å²) in [4.78, 5) is 95.1. The summed E-state index contributed by atoms with van der Waals surface area (Å²) in [5, 5.41) is 29.5. The van der Waals surface area contributed by atoms with Crippen LogP contribution >= 0.6 is 22.7 Å². The number of benzene rings is 3. The van der Waals surface area contributed by atoms with Gasteiger partial charge in [-0.3, -0.25) is 28.8 Å². The Hall–Kier alpha value is -6.34. The van der Waals surface area contributed by atoms with Crippen molar-refractivity contribution in [1.82, 2.24) is 40.6 Å². The molecule has 0 aliphatic carbocycles. The van der Waals surface area contributed by atoms with Crippen molar-refractivity contribution in [3.63, 3.8) is 0 Å². The van der Waals surface area contributed by atoms with E-state index >= 15 is 0 Å². The Morgan fingerprint density at radius 1 is 0.720 bits per heavy atom. The SMILES string of the molecule is CCc1ncsc1-c1ccc(CNC(=O)[C@@H]2C[C@@H](O)CN2C(=O)[C@H](C(C)C)N2Cc3ccccc3C2=O)cc1.Cc1ncsc1-c1ccc(CNC(=O)[C@@H]2C[C@@H](O)CN2C(=O)[C@@H](NC(=O)C(C)(C)C)C(C)(C)C)cc1. The Morgan fingerprint density at radius 3 is 1.71 bits per heavy atom. The molecule has 6 atom stereocenters. The van der Waals surface area contributed by atoms with E-state index in [0.29, 0.717) is 25.2 Å². The number of aromatic nitrogens is 2. The number of nitrogens with zero attached hydrogens (tertiary/aromatic N) is 5. The zero-order valence-electron chi connectivity index (χ0n) is 44.7. The molecule has 18 heteroatoms. The molecule has 3 aromatic carbocycles. The number of rotatable bonds is 14. The number of aryl methyl sites for hydroxylation is 2. The topological polar surface area (TPSA) is 214 Å². The fourth-order valence-corrected chi connectivity index (χ4v) is 11.4. The lowest BCUT2D eigenvalue weighted by Gasteiger charge is -2.36. The van der Waals surface area contributed by atoms with Gasteiger partial charge in [0.2, 0.25) is 29.5 Å². The Labute approximate surface area is 448 Å². The number of likely N-dealkylation sites (tertiary alicyclic amines) is 2. The van der Waals surface area contributed by atoms with Crippen molar-refractivity contribution in [2.24, 2.45) is 16.7 Å². The van der Waals surface area contributed by atoms with Crippen molar-refractivity contribution < 1.29 is 39.0 Å². The molecular formula is C57H72N8O8S2. The molecule has 2 fully saturated rings. The van der Waals surface area contributed by atoms with E-state index in [1.807, 2.05) is 119 Å². The van der Waals surface area contributed by atoms with E-state index in [0.717, 1.165) is 55.4 Å². The van der Waals surface area contributed by atoms with Crippen LogP contribution in [-0.4, -0.2) is 120 Å². The molecule has 6 amide bonds. The lowest BCUT2D eigenvalue weighted by molar-refractivity contribution is -0.145. The summed E-state index contributed by atoms with van der Waals surface area (Å²) in [6.45, 7) is 19.9. The molecule has 0 saturated carbocycles. The number of thiazole rings is 2. The van der Waals surface area contributed by atoms with Gasteiger partial charge in [0.1, 0.15) is 24.2 Å². The van der Waals surface area contributed by atoms with Crippen LogP contribution in [0.1, 0.15) is 114 Å². The molecule has 16 nitrogen and oxygen atoms in total. The highest BCUT2D eigenvalue weighted by molar-refractivity contribution is 7.13. The highest BCUT2D eigenvalue weighted by Gasteiger charge is 2.47. The van der Waals surface area contributed by atoms with Gasteiger partial charge in [-0.1, -0.05) is 129 Å².